The molecular formula is C12H15F2N3O. The predicted molar refractivity (Wildman–Crippen MR) is 65.3 cm³/mol. The summed E-state index contributed by atoms with van der Waals surface area (Å²) >= 11 is 0. The van der Waals surface area contributed by atoms with Crippen LogP contribution in [0.25, 0.3) is 0 Å². The lowest BCUT2D eigenvalue weighted by atomic mass is 9.85. The molecule has 6 heteroatoms. The highest BCUT2D eigenvalue weighted by Crippen LogP contribution is 2.37. The van der Waals surface area contributed by atoms with Crippen LogP contribution in [-0.2, 0) is 10.3 Å². The van der Waals surface area contributed by atoms with E-state index in [9.17, 15) is 8.78 Å². The third-order valence-corrected chi connectivity index (χ3v) is 2.98. The van der Waals surface area contributed by atoms with Crippen LogP contribution in [0.15, 0.2) is 23.2 Å². The molecule has 2 rings (SSSR count). The van der Waals surface area contributed by atoms with Gasteiger partial charge in [0.2, 0.25) is 0 Å². The van der Waals surface area contributed by atoms with Gasteiger partial charge in [-0.2, -0.15) is 0 Å². The molecule has 1 aliphatic rings. The Kier molecular flexibility index (Phi) is 3.11. The highest BCUT2D eigenvalue weighted by molar-refractivity contribution is 5.73. The van der Waals surface area contributed by atoms with Crippen LogP contribution in [-0.4, -0.2) is 18.8 Å². The number of aliphatic imine (C=N–C) groups is 1. The van der Waals surface area contributed by atoms with Crippen molar-refractivity contribution < 1.29 is 13.5 Å². The standard InChI is InChI=1S/C12H15F2N3O/c1-7-5-12(6-13,17-11(16)18-7)9-4-8(15)2-3-10(9)14/h2-4,7H,5-6,15H2,1H3,(H2,16,17)/t7-,12-/m1/s1. The first-order chi connectivity index (χ1) is 8.47. The van der Waals surface area contributed by atoms with Gasteiger partial charge in [0.1, 0.15) is 24.1 Å². The molecule has 0 bridgehead atoms. The van der Waals surface area contributed by atoms with Gasteiger partial charge in [0.15, 0.2) is 0 Å². The first-order valence-corrected chi connectivity index (χ1v) is 5.60. The summed E-state index contributed by atoms with van der Waals surface area (Å²) in [6, 6.07) is 3.88. The molecule has 4 N–H and O–H groups in total. The van der Waals surface area contributed by atoms with Crippen molar-refractivity contribution in [2.45, 2.75) is 25.0 Å². The maximum atomic E-state index is 13.9. The zero-order chi connectivity index (χ0) is 13.3. The van der Waals surface area contributed by atoms with Gasteiger partial charge < -0.3 is 16.2 Å². The fourth-order valence-electron chi connectivity index (χ4n) is 2.23. The summed E-state index contributed by atoms with van der Waals surface area (Å²) in [6.45, 7) is 0.873. The number of alkyl halides is 1. The predicted octanol–water partition coefficient (Wildman–Crippen LogP) is 1.70. The van der Waals surface area contributed by atoms with Gasteiger partial charge >= 0.3 is 0 Å². The lowest BCUT2D eigenvalue weighted by Crippen LogP contribution is -2.41. The first-order valence-electron chi connectivity index (χ1n) is 5.60. The smallest absolute Gasteiger partial charge is 0.283 e. The van der Waals surface area contributed by atoms with E-state index in [1.807, 2.05) is 0 Å². The van der Waals surface area contributed by atoms with Crippen molar-refractivity contribution in [1.82, 2.24) is 0 Å². The number of nitrogens with zero attached hydrogens (tertiary/aromatic N) is 1. The number of hydrogen-bond acceptors (Lipinski definition) is 4. The number of amidine groups is 1. The molecule has 0 spiro atoms. The molecule has 1 aliphatic heterocycles. The van der Waals surface area contributed by atoms with Gasteiger partial charge in [0.25, 0.3) is 6.02 Å². The van der Waals surface area contributed by atoms with Crippen LogP contribution in [0.2, 0.25) is 0 Å². The summed E-state index contributed by atoms with van der Waals surface area (Å²) in [5.74, 6) is -0.549. The largest absolute Gasteiger partial charge is 0.462 e. The minimum absolute atomic E-state index is 0.114. The summed E-state index contributed by atoms with van der Waals surface area (Å²) < 4.78 is 32.5. The van der Waals surface area contributed by atoms with E-state index in [1.165, 1.54) is 18.2 Å². The second kappa shape index (κ2) is 4.44. The number of nitrogens with two attached hydrogens (primary N) is 2. The lowest BCUT2D eigenvalue weighted by molar-refractivity contribution is 0.112. The SMILES string of the molecule is C[C@@H]1C[C@@](CF)(c2cc(N)ccc2F)N=C(N)O1. The maximum absolute atomic E-state index is 13.9. The van der Waals surface area contributed by atoms with Crippen LogP contribution in [0.1, 0.15) is 18.9 Å². The fourth-order valence-corrected chi connectivity index (χ4v) is 2.23. The van der Waals surface area contributed by atoms with E-state index >= 15 is 0 Å². The number of rotatable bonds is 2. The van der Waals surface area contributed by atoms with Crippen molar-refractivity contribution in [3.63, 3.8) is 0 Å². The third-order valence-electron chi connectivity index (χ3n) is 2.98. The van der Waals surface area contributed by atoms with E-state index in [-0.39, 0.29) is 24.1 Å². The molecule has 0 radical (unpaired) electrons. The van der Waals surface area contributed by atoms with Gasteiger partial charge in [-0.05, 0) is 25.1 Å². The Morgan fingerprint density at radius 1 is 1.50 bits per heavy atom. The van der Waals surface area contributed by atoms with Crippen molar-refractivity contribution in [2.75, 3.05) is 12.4 Å². The highest BCUT2D eigenvalue weighted by atomic mass is 19.1. The second-order valence-electron chi connectivity index (χ2n) is 4.49. The van der Waals surface area contributed by atoms with E-state index in [1.54, 1.807) is 6.92 Å². The van der Waals surface area contributed by atoms with Crippen LogP contribution in [0, 0.1) is 5.82 Å². The van der Waals surface area contributed by atoms with Crippen LogP contribution < -0.4 is 11.5 Å². The number of hydrogen-bond donors (Lipinski definition) is 2. The summed E-state index contributed by atoms with van der Waals surface area (Å²) in [4.78, 5) is 3.96. The molecule has 0 saturated heterocycles. The molecule has 0 aromatic heterocycles. The highest BCUT2D eigenvalue weighted by Gasteiger charge is 2.40. The van der Waals surface area contributed by atoms with E-state index in [2.05, 4.69) is 4.99 Å². The van der Waals surface area contributed by atoms with E-state index in [4.69, 9.17) is 16.2 Å². The number of benzene rings is 1. The summed E-state index contributed by atoms with van der Waals surface area (Å²) in [5.41, 5.74) is 10.2. The Labute approximate surface area is 104 Å². The second-order valence-corrected chi connectivity index (χ2v) is 4.49. The molecule has 98 valence electrons. The molecule has 0 saturated carbocycles. The fraction of sp³-hybridized carbons (Fsp3) is 0.417. The molecule has 1 heterocycles. The van der Waals surface area contributed by atoms with Crippen LogP contribution >= 0.6 is 0 Å². The van der Waals surface area contributed by atoms with E-state index in [0.29, 0.717) is 5.69 Å². The van der Waals surface area contributed by atoms with Crippen molar-refractivity contribution >= 4 is 11.7 Å². The van der Waals surface area contributed by atoms with Crippen molar-refractivity contribution in [1.29, 1.82) is 0 Å². The van der Waals surface area contributed by atoms with Crippen LogP contribution in [0.3, 0.4) is 0 Å². The molecule has 0 aliphatic carbocycles. The van der Waals surface area contributed by atoms with E-state index < -0.39 is 18.0 Å². The van der Waals surface area contributed by atoms with Gasteiger partial charge in [-0.25, -0.2) is 13.8 Å². The van der Waals surface area contributed by atoms with Gasteiger partial charge in [-0.15, -0.1) is 0 Å². The van der Waals surface area contributed by atoms with Gasteiger partial charge in [-0.3, -0.25) is 0 Å². The quantitative estimate of drug-likeness (QED) is 0.790. The Hall–Kier alpha value is -1.85. The zero-order valence-corrected chi connectivity index (χ0v) is 9.99. The number of ether oxygens (including phenoxy) is 1. The minimum Gasteiger partial charge on any atom is -0.462 e. The molecule has 1 aromatic rings. The molecule has 0 fully saturated rings. The molecule has 0 amide bonds. The van der Waals surface area contributed by atoms with Gasteiger partial charge in [0.05, 0.1) is 0 Å². The topological polar surface area (TPSA) is 73.6 Å². The summed E-state index contributed by atoms with van der Waals surface area (Å²) in [6.07, 6.45) is -0.121. The van der Waals surface area contributed by atoms with Gasteiger partial charge in [-0.1, -0.05) is 0 Å². The molecule has 18 heavy (non-hydrogen) atoms. The average molecular weight is 255 g/mol. The molecule has 2 atom stereocenters. The first kappa shape index (κ1) is 12.6. The summed E-state index contributed by atoms with van der Waals surface area (Å²) in [5, 5.41) is 0. The Balaban J connectivity index is 2.56. The van der Waals surface area contributed by atoms with E-state index in [0.717, 1.165) is 0 Å². The summed E-state index contributed by atoms with van der Waals surface area (Å²) in [7, 11) is 0. The number of anilines is 1. The minimum atomic E-state index is -1.35. The Morgan fingerprint density at radius 3 is 2.83 bits per heavy atom. The average Bonchev–Trinajstić information content (AvgIpc) is 2.31. The van der Waals surface area contributed by atoms with Crippen molar-refractivity contribution in [3.05, 3.63) is 29.6 Å². The zero-order valence-electron chi connectivity index (χ0n) is 9.99. The van der Waals surface area contributed by atoms with Gasteiger partial charge in [0, 0.05) is 17.7 Å². The van der Waals surface area contributed by atoms with Crippen LogP contribution in [0.4, 0.5) is 14.5 Å². The lowest BCUT2D eigenvalue weighted by Gasteiger charge is -2.34. The number of nitrogen functional groups attached to an aromatic ring is 1. The Bertz CT molecular complexity index is 492. The maximum Gasteiger partial charge on any atom is 0.283 e. The monoisotopic (exact) mass is 255 g/mol. The van der Waals surface area contributed by atoms with Crippen LogP contribution in [0.5, 0.6) is 0 Å². The molecule has 4 nitrogen and oxygen atoms in total. The number of halogens is 2. The molecule has 1 aromatic carbocycles. The third kappa shape index (κ3) is 2.10. The molecule has 0 unspecified atom stereocenters. The van der Waals surface area contributed by atoms with Crippen molar-refractivity contribution in [3.8, 4) is 0 Å². The molecular weight excluding hydrogens is 240 g/mol. The van der Waals surface area contributed by atoms with Crippen molar-refractivity contribution in [2.24, 2.45) is 10.7 Å². The Morgan fingerprint density at radius 2 is 2.22 bits per heavy atom. The normalized spacial score (nSPS) is 27.5.